The first-order valence-corrected chi connectivity index (χ1v) is 11.2. The summed E-state index contributed by atoms with van der Waals surface area (Å²) in [6.45, 7) is 0.463. The highest BCUT2D eigenvalue weighted by atomic mass is 16.3. The van der Waals surface area contributed by atoms with Gasteiger partial charge in [-0.15, -0.1) is 0 Å². The predicted octanol–water partition coefficient (Wildman–Crippen LogP) is 0.597. The van der Waals surface area contributed by atoms with Crippen molar-refractivity contribution in [2.24, 2.45) is 0 Å². The van der Waals surface area contributed by atoms with Gasteiger partial charge in [0.05, 0.1) is 0 Å². The minimum absolute atomic E-state index is 0.153. The number of benzene rings is 2. The Kier molecular flexibility index (Phi) is 5.84. The first kappa shape index (κ1) is 24.2. The molecule has 38 heavy (non-hydrogen) atoms. The monoisotopic (exact) mass is 514 g/mol. The SMILES string of the molecule is O=c1c(O)c(Nc2ccc(CNc3c(NCc4ccc(Nc5c(O)c(=O)c5=O)cc4)c(=O)c3=O)cc2)c1=O. The number of hydrogen-bond donors (Lipinski definition) is 6. The quantitative estimate of drug-likeness (QED) is 0.142. The van der Waals surface area contributed by atoms with Gasteiger partial charge in [0, 0.05) is 24.5 Å². The van der Waals surface area contributed by atoms with Gasteiger partial charge in [-0.25, -0.2) is 0 Å². The molecule has 12 heteroatoms. The lowest BCUT2D eigenvalue weighted by molar-refractivity contribution is 0.465. The summed E-state index contributed by atoms with van der Waals surface area (Å²) >= 11 is 0. The Hall–Kier alpha value is -5.52. The largest absolute Gasteiger partial charge is 0.502 e. The van der Waals surface area contributed by atoms with Crippen molar-refractivity contribution in [3.63, 3.8) is 0 Å². The molecule has 5 aromatic rings. The molecule has 0 heterocycles. The summed E-state index contributed by atoms with van der Waals surface area (Å²) in [5, 5.41) is 30.1. The van der Waals surface area contributed by atoms with Crippen molar-refractivity contribution in [2.75, 3.05) is 21.3 Å². The molecule has 190 valence electrons. The van der Waals surface area contributed by atoms with Crippen LogP contribution in [0.15, 0.2) is 77.3 Å². The minimum Gasteiger partial charge on any atom is -0.502 e. The van der Waals surface area contributed by atoms with Crippen molar-refractivity contribution in [1.82, 2.24) is 0 Å². The Bertz CT molecular complexity index is 1760. The first-order chi connectivity index (χ1) is 18.2. The first-order valence-electron chi connectivity index (χ1n) is 11.2. The zero-order valence-corrected chi connectivity index (χ0v) is 19.4. The maximum absolute atomic E-state index is 12.1. The normalized spacial score (nSPS) is 11.2. The van der Waals surface area contributed by atoms with Crippen molar-refractivity contribution in [3.05, 3.63) is 121 Å². The van der Waals surface area contributed by atoms with Crippen molar-refractivity contribution in [2.45, 2.75) is 13.1 Å². The molecule has 0 aromatic heterocycles. The van der Waals surface area contributed by atoms with Gasteiger partial charge in [0.15, 0.2) is 11.5 Å². The molecule has 0 spiro atoms. The van der Waals surface area contributed by atoms with Gasteiger partial charge in [-0.2, -0.15) is 0 Å². The van der Waals surface area contributed by atoms with Crippen molar-refractivity contribution in [1.29, 1.82) is 0 Å². The summed E-state index contributed by atoms with van der Waals surface area (Å²) < 4.78 is 0. The third-order valence-corrected chi connectivity index (χ3v) is 6.07. The number of hydrogen-bond acceptors (Lipinski definition) is 12. The van der Waals surface area contributed by atoms with Gasteiger partial charge in [0.1, 0.15) is 22.7 Å². The van der Waals surface area contributed by atoms with Crippen LogP contribution in [0.4, 0.5) is 34.1 Å². The lowest BCUT2D eigenvalue weighted by atomic mass is 10.1. The van der Waals surface area contributed by atoms with E-state index in [0.29, 0.717) is 11.4 Å². The van der Waals surface area contributed by atoms with E-state index in [9.17, 15) is 39.0 Å². The fourth-order valence-electron chi connectivity index (χ4n) is 3.80. The van der Waals surface area contributed by atoms with Crippen molar-refractivity contribution in [3.8, 4) is 11.5 Å². The Morgan fingerprint density at radius 2 is 0.763 bits per heavy atom. The molecule has 0 saturated carbocycles. The fraction of sp³-hybridized carbons (Fsp3) is 0.0769. The minimum atomic E-state index is -0.931. The van der Waals surface area contributed by atoms with E-state index in [2.05, 4.69) is 21.3 Å². The van der Waals surface area contributed by atoms with Gasteiger partial charge < -0.3 is 31.5 Å². The van der Waals surface area contributed by atoms with Crippen LogP contribution >= 0.6 is 0 Å². The van der Waals surface area contributed by atoms with E-state index in [1.54, 1.807) is 48.5 Å². The zero-order valence-electron chi connectivity index (χ0n) is 19.4. The number of aromatic hydroxyl groups is 2. The molecule has 0 aliphatic heterocycles. The molecule has 12 nitrogen and oxygen atoms in total. The molecule has 0 atom stereocenters. The smallest absolute Gasteiger partial charge is 0.271 e. The summed E-state index contributed by atoms with van der Waals surface area (Å²) in [6, 6.07) is 13.3. The topological polar surface area (TPSA) is 191 Å². The van der Waals surface area contributed by atoms with Crippen LogP contribution in [0.3, 0.4) is 0 Å². The maximum Gasteiger partial charge on any atom is 0.271 e. The molecule has 5 rings (SSSR count). The second-order valence-electron chi connectivity index (χ2n) is 8.52. The Labute approximate surface area is 211 Å². The van der Waals surface area contributed by atoms with Gasteiger partial charge >= 0.3 is 0 Å². The Balaban J connectivity index is 1.17. The van der Waals surface area contributed by atoms with E-state index in [0.717, 1.165) is 11.1 Å². The van der Waals surface area contributed by atoms with Crippen LogP contribution in [0, 0.1) is 0 Å². The molecule has 0 aliphatic carbocycles. The van der Waals surface area contributed by atoms with E-state index >= 15 is 0 Å². The highest BCUT2D eigenvalue weighted by molar-refractivity contribution is 5.74. The standard InChI is InChI=1S/C26H18N4O8/c31-19-15(27-9-11-1-5-13(6-2-11)29-17-21(33)25(37)22(17)34)16(20(19)32)28-10-12-3-7-14(8-4-12)30-18-23(35)26(38)24(18)36/h1-8,27-30,33,35H,9-10H2. The van der Waals surface area contributed by atoms with Crippen LogP contribution in [-0.4, -0.2) is 10.2 Å². The molecule has 0 radical (unpaired) electrons. The molecular weight excluding hydrogens is 496 g/mol. The molecule has 0 aliphatic rings. The Morgan fingerprint density at radius 1 is 0.447 bits per heavy atom. The van der Waals surface area contributed by atoms with Crippen LogP contribution in [0.1, 0.15) is 11.1 Å². The van der Waals surface area contributed by atoms with Gasteiger partial charge in [0.2, 0.25) is 0 Å². The second-order valence-corrected chi connectivity index (χ2v) is 8.52. The van der Waals surface area contributed by atoms with Gasteiger partial charge in [0.25, 0.3) is 32.6 Å². The van der Waals surface area contributed by atoms with Gasteiger partial charge in [-0.3, -0.25) is 28.8 Å². The molecule has 0 amide bonds. The highest BCUT2D eigenvalue weighted by Crippen LogP contribution is 2.23. The van der Waals surface area contributed by atoms with Crippen molar-refractivity contribution < 1.29 is 10.2 Å². The summed E-state index contributed by atoms with van der Waals surface area (Å²) in [4.78, 5) is 69.2. The van der Waals surface area contributed by atoms with E-state index < -0.39 is 44.1 Å². The summed E-state index contributed by atoms with van der Waals surface area (Å²) in [5.74, 6) is -1.21. The summed E-state index contributed by atoms with van der Waals surface area (Å²) in [6.07, 6.45) is 0. The van der Waals surface area contributed by atoms with Crippen LogP contribution in [0.5, 0.6) is 11.5 Å². The molecule has 0 fully saturated rings. The average molecular weight is 514 g/mol. The van der Waals surface area contributed by atoms with E-state index in [-0.39, 0.29) is 35.8 Å². The molecule has 6 N–H and O–H groups in total. The molecule has 5 aromatic carbocycles. The highest BCUT2D eigenvalue weighted by Gasteiger charge is 2.22. The van der Waals surface area contributed by atoms with Crippen LogP contribution in [0.2, 0.25) is 0 Å². The van der Waals surface area contributed by atoms with E-state index in [1.807, 2.05) is 0 Å². The molecular formula is C26H18N4O8. The van der Waals surface area contributed by atoms with Crippen LogP contribution < -0.4 is 53.8 Å². The molecule has 0 bridgehead atoms. The molecule has 0 unspecified atom stereocenters. The lowest BCUT2D eigenvalue weighted by Crippen LogP contribution is -2.37. The number of nitrogens with one attached hydrogen (secondary N) is 4. The zero-order chi connectivity index (χ0) is 27.1. The number of rotatable bonds is 10. The maximum atomic E-state index is 12.1. The second kappa shape index (κ2) is 9.17. The average Bonchev–Trinajstić information content (AvgIpc) is 2.95. The van der Waals surface area contributed by atoms with E-state index in [1.165, 1.54) is 0 Å². The summed E-state index contributed by atoms with van der Waals surface area (Å²) in [5.41, 5.74) is -2.26. The number of anilines is 6. The predicted molar refractivity (Wildman–Crippen MR) is 141 cm³/mol. The van der Waals surface area contributed by atoms with Gasteiger partial charge in [-0.05, 0) is 35.4 Å². The van der Waals surface area contributed by atoms with Crippen LogP contribution in [-0.2, 0) is 13.1 Å². The molecule has 0 saturated heterocycles. The third kappa shape index (κ3) is 4.09. The van der Waals surface area contributed by atoms with Crippen LogP contribution in [0.25, 0.3) is 0 Å². The van der Waals surface area contributed by atoms with E-state index in [4.69, 9.17) is 0 Å². The third-order valence-electron chi connectivity index (χ3n) is 6.07. The van der Waals surface area contributed by atoms with Crippen molar-refractivity contribution >= 4 is 34.1 Å². The fourth-order valence-corrected chi connectivity index (χ4v) is 3.80. The Morgan fingerprint density at radius 3 is 1.08 bits per heavy atom. The van der Waals surface area contributed by atoms with Gasteiger partial charge in [-0.1, -0.05) is 24.3 Å². The summed E-state index contributed by atoms with van der Waals surface area (Å²) in [7, 11) is 0. The lowest BCUT2D eigenvalue weighted by Gasteiger charge is -2.16.